The van der Waals surface area contributed by atoms with Crippen LogP contribution in [0.2, 0.25) is 5.02 Å². The number of thiazole rings is 1. The van der Waals surface area contributed by atoms with Crippen molar-refractivity contribution in [1.29, 1.82) is 0 Å². The fraction of sp³-hybridized carbons (Fsp3) is 0.154. The molecule has 246 valence electrons. The fourth-order valence-corrected chi connectivity index (χ4v) is 7.35. The predicted octanol–water partition coefficient (Wildman–Crippen LogP) is 6.61. The highest BCUT2D eigenvalue weighted by Gasteiger charge is 2.37. The van der Waals surface area contributed by atoms with Gasteiger partial charge in [0.05, 0.1) is 36.6 Å². The van der Waals surface area contributed by atoms with Gasteiger partial charge in [-0.05, 0) is 48.9 Å². The van der Waals surface area contributed by atoms with Gasteiger partial charge in [-0.2, -0.15) is 0 Å². The minimum absolute atomic E-state index is 0.154. The van der Waals surface area contributed by atoms with Gasteiger partial charge in [0.25, 0.3) is 5.56 Å². The number of para-hydroxylation sites is 1. The highest BCUT2D eigenvalue weighted by Crippen LogP contribution is 2.40. The second kappa shape index (κ2) is 13.6. The Bertz CT molecular complexity index is 2410. The number of nitrogens with zero attached hydrogens (tertiary/aromatic N) is 3. The largest absolute Gasteiger partial charge is 0.497 e. The summed E-state index contributed by atoms with van der Waals surface area (Å²) in [5.74, 6) is 0.473. The summed E-state index contributed by atoms with van der Waals surface area (Å²) in [7, 11) is 3.12. The van der Waals surface area contributed by atoms with Gasteiger partial charge in [-0.3, -0.25) is 9.36 Å². The number of hydrogen-bond acceptors (Lipinski definition) is 7. The van der Waals surface area contributed by atoms with Crippen molar-refractivity contribution in [2.45, 2.75) is 19.5 Å². The minimum Gasteiger partial charge on any atom is -0.497 e. The maximum absolute atomic E-state index is 14.6. The van der Waals surface area contributed by atoms with Gasteiger partial charge in [0.1, 0.15) is 17.5 Å². The van der Waals surface area contributed by atoms with Crippen LogP contribution in [0.1, 0.15) is 35.2 Å². The molecule has 0 aliphatic carbocycles. The van der Waals surface area contributed by atoms with Crippen LogP contribution in [0.5, 0.6) is 11.5 Å². The molecule has 1 aliphatic rings. The molecule has 3 heterocycles. The number of ether oxygens (including phenoxy) is 3. The first-order chi connectivity index (χ1) is 23.9. The Morgan fingerprint density at radius 1 is 0.959 bits per heavy atom. The Kier molecular flexibility index (Phi) is 8.95. The Morgan fingerprint density at radius 3 is 2.45 bits per heavy atom. The molecule has 0 N–H and O–H groups in total. The summed E-state index contributed by atoms with van der Waals surface area (Å²) < 4.78 is 21.1. The average molecular weight is 690 g/mol. The normalized spacial score (nSPS) is 14.4. The molecule has 0 saturated heterocycles. The number of esters is 1. The van der Waals surface area contributed by atoms with E-state index in [-0.39, 0.29) is 17.7 Å². The standard InChI is InChI=1S/C39H32ClN3O5S/c1-4-48-38(45)34-35(25-10-6-5-7-11-25)41-39-43(36(34)30-19-18-28(46-2)21-32(30)47-3)37(44)33(49-39)20-26-23-42(31-13-9-8-12-29(26)31)22-24-14-16-27(40)17-15-24/h5-21,23,36H,4,22H2,1-3H3/b33-20-/t36-/m1/s1. The van der Waals surface area contributed by atoms with E-state index >= 15 is 0 Å². The second-order valence-electron chi connectivity index (χ2n) is 11.4. The van der Waals surface area contributed by atoms with Crippen molar-refractivity contribution < 1.29 is 19.0 Å². The van der Waals surface area contributed by atoms with Gasteiger partial charge in [0, 0.05) is 51.4 Å². The smallest absolute Gasteiger partial charge is 0.338 e. The van der Waals surface area contributed by atoms with Crippen molar-refractivity contribution >= 4 is 51.6 Å². The van der Waals surface area contributed by atoms with Crippen molar-refractivity contribution in [3.63, 3.8) is 0 Å². The monoisotopic (exact) mass is 689 g/mol. The molecule has 49 heavy (non-hydrogen) atoms. The maximum Gasteiger partial charge on any atom is 0.338 e. The van der Waals surface area contributed by atoms with Crippen LogP contribution >= 0.6 is 22.9 Å². The molecule has 0 amide bonds. The highest BCUT2D eigenvalue weighted by atomic mass is 35.5. The van der Waals surface area contributed by atoms with Gasteiger partial charge < -0.3 is 18.8 Å². The second-order valence-corrected chi connectivity index (χ2v) is 12.8. The quantitative estimate of drug-likeness (QED) is 0.160. The lowest BCUT2D eigenvalue weighted by molar-refractivity contribution is -0.138. The number of methoxy groups -OCH3 is 2. The molecule has 10 heteroatoms. The lowest BCUT2D eigenvalue weighted by Gasteiger charge is -2.27. The number of fused-ring (bicyclic) bond motifs is 2. The zero-order chi connectivity index (χ0) is 34.1. The van der Waals surface area contributed by atoms with Gasteiger partial charge in [0.2, 0.25) is 0 Å². The Balaban J connectivity index is 1.47. The number of rotatable bonds is 9. The van der Waals surface area contributed by atoms with Gasteiger partial charge in [0.15, 0.2) is 4.80 Å². The average Bonchev–Trinajstić information content (AvgIpc) is 3.64. The number of hydrogen-bond donors (Lipinski definition) is 0. The maximum atomic E-state index is 14.6. The van der Waals surface area contributed by atoms with Crippen molar-refractivity contribution in [3.05, 3.63) is 156 Å². The summed E-state index contributed by atoms with van der Waals surface area (Å²) in [5, 5.41) is 1.69. The topological polar surface area (TPSA) is 84.1 Å². The zero-order valence-corrected chi connectivity index (χ0v) is 28.6. The first-order valence-corrected chi connectivity index (χ1v) is 16.9. The SMILES string of the molecule is CCOC(=O)C1=C(c2ccccc2)N=c2s/c(=C\c3cn(Cc4ccc(Cl)cc4)c4ccccc34)c(=O)n2[C@@H]1c1ccc(OC)cc1OC. The fourth-order valence-electron chi connectivity index (χ4n) is 6.23. The van der Waals surface area contributed by atoms with Crippen molar-refractivity contribution in [2.75, 3.05) is 20.8 Å². The third-order valence-electron chi connectivity index (χ3n) is 8.48. The Hall–Kier alpha value is -5.38. The minimum atomic E-state index is -0.889. The van der Waals surface area contributed by atoms with Crippen molar-refractivity contribution in [1.82, 2.24) is 9.13 Å². The van der Waals surface area contributed by atoms with Crippen LogP contribution in [0.15, 0.2) is 119 Å². The third-order valence-corrected chi connectivity index (χ3v) is 9.72. The van der Waals surface area contributed by atoms with E-state index in [4.69, 9.17) is 30.8 Å². The van der Waals surface area contributed by atoms with E-state index in [2.05, 4.69) is 16.8 Å². The van der Waals surface area contributed by atoms with Crippen LogP contribution in [-0.2, 0) is 16.1 Å². The summed E-state index contributed by atoms with van der Waals surface area (Å²) in [5.41, 5.74) is 4.76. The van der Waals surface area contributed by atoms with E-state index in [1.807, 2.05) is 84.9 Å². The van der Waals surface area contributed by atoms with Crippen molar-refractivity contribution in [3.8, 4) is 11.5 Å². The molecular weight excluding hydrogens is 658 g/mol. The van der Waals surface area contributed by atoms with Gasteiger partial charge >= 0.3 is 5.97 Å². The lowest BCUT2D eigenvalue weighted by atomic mass is 9.92. The van der Waals surface area contributed by atoms with Crippen LogP contribution in [-0.4, -0.2) is 35.9 Å². The molecule has 0 bridgehead atoms. The number of carbonyl (C=O) groups is 1. The molecule has 2 aromatic heterocycles. The van der Waals surface area contributed by atoms with E-state index in [0.29, 0.717) is 43.7 Å². The molecule has 7 rings (SSSR count). The Morgan fingerprint density at radius 2 is 1.71 bits per heavy atom. The molecule has 1 atom stereocenters. The molecular formula is C39H32ClN3O5S. The summed E-state index contributed by atoms with van der Waals surface area (Å²) in [6.07, 6.45) is 3.96. The molecule has 8 nitrogen and oxygen atoms in total. The Labute approximate surface area is 291 Å². The third kappa shape index (κ3) is 6.07. The molecule has 0 unspecified atom stereocenters. The van der Waals surface area contributed by atoms with Gasteiger partial charge in [-0.25, -0.2) is 9.79 Å². The number of halogens is 1. The van der Waals surface area contributed by atoms with Crippen LogP contribution in [0.4, 0.5) is 0 Å². The van der Waals surface area contributed by atoms with Gasteiger partial charge in [-0.15, -0.1) is 0 Å². The number of benzene rings is 4. The predicted molar refractivity (Wildman–Crippen MR) is 193 cm³/mol. The summed E-state index contributed by atoms with van der Waals surface area (Å²) in [6.45, 7) is 2.54. The van der Waals surface area contributed by atoms with Crippen LogP contribution in [0.3, 0.4) is 0 Å². The van der Waals surface area contributed by atoms with E-state index < -0.39 is 12.0 Å². The van der Waals surface area contributed by atoms with Crippen LogP contribution in [0.25, 0.3) is 22.7 Å². The van der Waals surface area contributed by atoms with Crippen LogP contribution < -0.4 is 24.4 Å². The van der Waals surface area contributed by atoms with Crippen LogP contribution in [0, 0.1) is 0 Å². The van der Waals surface area contributed by atoms with Crippen molar-refractivity contribution in [2.24, 2.45) is 4.99 Å². The van der Waals surface area contributed by atoms with E-state index in [9.17, 15) is 9.59 Å². The first kappa shape index (κ1) is 32.2. The van der Waals surface area contributed by atoms with E-state index in [0.717, 1.165) is 27.6 Å². The molecule has 0 saturated carbocycles. The van der Waals surface area contributed by atoms with E-state index in [1.165, 1.54) is 11.3 Å². The molecule has 0 spiro atoms. The molecule has 4 aromatic carbocycles. The molecule has 6 aromatic rings. The number of aromatic nitrogens is 2. The summed E-state index contributed by atoms with van der Waals surface area (Å²) in [6, 6.07) is 29.8. The molecule has 1 aliphatic heterocycles. The van der Waals surface area contributed by atoms with E-state index in [1.54, 1.807) is 37.8 Å². The first-order valence-electron chi connectivity index (χ1n) is 15.7. The number of carbonyl (C=O) groups excluding carboxylic acids is 1. The summed E-state index contributed by atoms with van der Waals surface area (Å²) >= 11 is 7.41. The highest BCUT2D eigenvalue weighted by molar-refractivity contribution is 7.07. The lowest BCUT2D eigenvalue weighted by Crippen LogP contribution is -2.40. The zero-order valence-electron chi connectivity index (χ0n) is 27.1. The molecule has 0 fully saturated rings. The molecule has 0 radical (unpaired) electrons. The van der Waals surface area contributed by atoms with Gasteiger partial charge in [-0.1, -0.05) is 83.6 Å². The summed E-state index contributed by atoms with van der Waals surface area (Å²) in [4.78, 5) is 33.9.